The fraction of sp³-hybridized carbons (Fsp3) is 0.667. The van der Waals surface area contributed by atoms with Crippen LogP contribution in [0.3, 0.4) is 0 Å². The molecular formula is C24H38N4O5. The summed E-state index contributed by atoms with van der Waals surface area (Å²) in [4.78, 5) is 18.8. The van der Waals surface area contributed by atoms with Crippen molar-refractivity contribution in [1.29, 1.82) is 0 Å². The molecule has 0 saturated carbocycles. The summed E-state index contributed by atoms with van der Waals surface area (Å²) in [7, 11) is 1.65. The van der Waals surface area contributed by atoms with Crippen LogP contribution in [0, 0.1) is 0 Å². The van der Waals surface area contributed by atoms with Gasteiger partial charge in [-0.2, -0.15) is 0 Å². The van der Waals surface area contributed by atoms with Gasteiger partial charge in [0.15, 0.2) is 0 Å². The van der Waals surface area contributed by atoms with Gasteiger partial charge in [0, 0.05) is 32.8 Å². The average Bonchev–Trinajstić information content (AvgIpc) is 3.08. The number of nitrogens with zero attached hydrogens (tertiary/aromatic N) is 3. The zero-order chi connectivity index (χ0) is 24.0. The summed E-state index contributed by atoms with van der Waals surface area (Å²) in [6.45, 7) is 11.7. The Kier molecular flexibility index (Phi) is 8.42. The molecule has 1 aliphatic heterocycles. The van der Waals surface area contributed by atoms with Gasteiger partial charge in [0.1, 0.15) is 18.0 Å². The summed E-state index contributed by atoms with van der Waals surface area (Å²) < 4.78 is 24.2. The van der Waals surface area contributed by atoms with Crippen LogP contribution in [0.5, 0.6) is 5.75 Å². The van der Waals surface area contributed by atoms with Crippen molar-refractivity contribution in [2.24, 2.45) is 0 Å². The normalized spacial score (nSPS) is 15.2. The zero-order valence-electron chi connectivity index (χ0n) is 20.6. The summed E-state index contributed by atoms with van der Waals surface area (Å²) in [6.07, 6.45) is 1.42. The lowest BCUT2D eigenvalue weighted by molar-refractivity contribution is 0.0204. The lowest BCUT2D eigenvalue weighted by atomic mass is 9.88. The maximum atomic E-state index is 12.5. The minimum absolute atomic E-state index is 0.252. The van der Waals surface area contributed by atoms with Crippen molar-refractivity contribution >= 4 is 23.1 Å². The summed E-state index contributed by atoms with van der Waals surface area (Å²) in [5.41, 5.74) is 8.58. The second kappa shape index (κ2) is 11.1. The number of ether oxygens (including phenoxy) is 4. The van der Waals surface area contributed by atoms with Gasteiger partial charge in [-0.05, 0) is 58.1 Å². The number of methoxy groups -OCH3 is 1. The molecule has 1 aliphatic rings. The lowest BCUT2D eigenvalue weighted by Crippen LogP contribution is -2.41. The van der Waals surface area contributed by atoms with Gasteiger partial charge in [0.2, 0.25) is 5.95 Å². The number of amides is 1. The van der Waals surface area contributed by atoms with Gasteiger partial charge in [-0.1, -0.05) is 0 Å². The molecule has 0 bridgehead atoms. The summed E-state index contributed by atoms with van der Waals surface area (Å²) in [6, 6.07) is 4.12. The number of carbonyl (C=O) groups excluding carboxylic acids is 1. The number of hydrogen-bond acceptors (Lipinski definition) is 7. The maximum Gasteiger partial charge on any atom is 0.410 e. The van der Waals surface area contributed by atoms with Crippen LogP contribution >= 0.6 is 0 Å². The van der Waals surface area contributed by atoms with Crippen LogP contribution in [0.25, 0.3) is 11.0 Å². The molecule has 0 spiro atoms. The largest absolute Gasteiger partial charge is 0.491 e. The Morgan fingerprint density at radius 2 is 1.85 bits per heavy atom. The molecule has 33 heavy (non-hydrogen) atoms. The average molecular weight is 463 g/mol. The van der Waals surface area contributed by atoms with E-state index in [4.69, 9.17) is 24.7 Å². The van der Waals surface area contributed by atoms with Crippen LogP contribution in [0.4, 0.5) is 10.7 Å². The van der Waals surface area contributed by atoms with E-state index in [1.807, 2.05) is 31.4 Å². The SMILES string of the molecule is CCn1c(N)nc2cc(OCCOCCOC)c(C3CCN(C(=O)OC(C)(C)C)CC3)cc21. The Labute approximate surface area is 196 Å². The molecule has 0 aliphatic carbocycles. The first kappa shape index (κ1) is 25.1. The van der Waals surface area contributed by atoms with E-state index < -0.39 is 5.60 Å². The third-order valence-electron chi connectivity index (χ3n) is 5.73. The van der Waals surface area contributed by atoms with Crippen LogP contribution in [-0.4, -0.2) is 72.8 Å². The molecule has 0 atom stereocenters. The van der Waals surface area contributed by atoms with Crippen LogP contribution in [0.2, 0.25) is 0 Å². The van der Waals surface area contributed by atoms with Crippen molar-refractivity contribution in [3.8, 4) is 5.75 Å². The Balaban J connectivity index is 1.76. The van der Waals surface area contributed by atoms with Crippen LogP contribution in [-0.2, 0) is 20.8 Å². The van der Waals surface area contributed by atoms with Gasteiger partial charge in [-0.3, -0.25) is 0 Å². The van der Waals surface area contributed by atoms with Crippen molar-refractivity contribution in [2.75, 3.05) is 52.4 Å². The van der Waals surface area contributed by atoms with E-state index in [0.717, 1.165) is 41.7 Å². The minimum Gasteiger partial charge on any atom is -0.491 e. The van der Waals surface area contributed by atoms with Crippen molar-refractivity contribution < 1.29 is 23.7 Å². The molecule has 0 radical (unpaired) electrons. The van der Waals surface area contributed by atoms with E-state index in [0.29, 0.717) is 45.5 Å². The molecule has 2 N–H and O–H groups in total. The highest BCUT2D eigenvalue weighted by Gasteiger charge is 2.29. The van der Waals surface area contributed by atoms with Crippen molar-refractivity contribution in [3.63, 3.8) is 0 Å². The van der Waals surface area contributed by atoms with Crippen molar-refractivity contribution in [1.82, 2.24) is 14.5 Å². The third-order valence-corrected chi connectivity index (χ3v) is 5.73. The molecule has 9 heteroatoms. The predicted octanol–water partition coefficient (Wildman–Crippen LogP) is 3.79. The lowest BCUT2D eigenvalue weighted by Gasteiger charge is -2.34. The number of nitrogens with two attached hydrogens (primary N) is 1. The highest BCUT2D eigenvalue weighted by atomic mass is 16.6. The number of fused-ring (bicyclic) bond motifs is 1. The molecule has 1 aromatic heterocycles. The van der Waals surface area contributed by atoms with Crippen molar-refractivity contribution in [2.45, 2.75) is 58.6 Å². The number of nitrogen functional groups attached to an aromatic ring is 1. The molecule has 1 aromatic carbocycles. The highest BCUT2D eigenvalue weighted by molar-refractivity contribution is 5.81. The highest BCUT2D eigenvalue weighted by Crippen LogP contribution is 2.38. The molecule has 184 valence electrons. The van der Waals surface area contributed by atoms with E-state index in [2.05, 4.69) is 18.0 Å². The van der Waals surface area contributed by atoms with Crippen molar-refractivity contribution in [3.05, 3.63) is 17.7 Å². The van der Waals surface area contributed by atoms with Crippen LogP contribution in [0.15, 0.2) is 12.1 Å². The molecular weight excluding hydrogens is 424 g/mol. The number of anilines is 1. The van der Waals surface area contributed by atoms with Gasteiger partial charge in [0.05, 0.1) is 30.9 Å². The van der Waals surface area contributed by atoms with Gasteiger partial charge < -0.3 is 34.1 Å². The summed E-state index contributed by atoms with van der Waals surface area (Å²) >= 11 is 0. The van der Waals surface area contributed by atoms with E-state index in [-0.39, 0.29) is 12.0 Å². The molecule has 1 fully saturated rings. The first-order chi connectivity index (χ1) is 15.7. The standard InChI is InChI=1S/C24H38N4O5/c1-6-28-20-15-18(17-7-9-27(10-8-17)23(29)33-24(2,3)4)21(16-19(20)26-22(28)25)32-14-13-31-12-11-30-5/h15-17H,6-14H2,1-5H3,(H2,25,26). The number of hydrogen-bond donors (Lipinski definition) is 1. The van der Waals surface area contributed by atoms with E-state index in [1.54, 1.807) is 12.0 Å². The van der Waals surface area contributed by atoms with E-state index >= 15 is 0 Å². The van der Waals surface area contributed by atoms with E-state index in [9.17, 15) is 4.79 Å². The summed E-state index contributed by atoms with van der Waals surface area (Å²) in [5.74, 6) is 1.56. The number of rotatable bonds is 9. The maximum absolute atomic E-state index is 12.5. The Morgan fingerprint density at radius 3 is 2.48 bits per heavy atom. The number of piperidine rings is 1. The predicted molar refractivity (Wildman–Crippen MR) is 128 cm³/mol. The first-order valence-corrected chi connectivity index (χ1v) is 11.7. The molecule has 2 heterocycles. The van der Waals surface area contributed by atoms with E-state index in [1.165, 1.54) is 0 Å². The van der Waals surface area contributed by atoms with Gasteiger partial charge in [-0.25, -0.2) is 9.78 Å². The second-order valence-electron chi connectivity index (χ2n) is 9.29. The fourth-order valence-electron chi connectivity index (χ4n) is 4.12. The van der Waals surface area contributed by atoms with Gasteiger partial charge in [-0.15, -0.1) is 0 Å². The number of aryl methyl sites for hydroxylation is 1. The number of aromatic nitrogens is 2. The Bertz CT molecular complexity index is 929. The fourth-order valence-corrected chi connectivity index (χ4v) is 4.12. The molecule has 9 nitrogen and oxygen atoms in total. The monoisotopic (exact) mass is 462 g/mol. The molecule has 2 aromatic rings. The molecule has 1 saturated heterocycles. The number of likely N-dealkylation sites (tertiary alicyclic amines) is 1. The number of carbonyl (C=O) groups is 1. The Morgan fingerprint density at radius 1 is 1.15 bits per heavy atom. The number of imidazole rings is 1. The molecule has 1 amide bonds. The van der Waals surface area contributed by atoms with Gasteiger partial charge in [0.25, 0.3) is 0 Å². The smallest absolute Gasteiger partial charge is 0.410 e. The molecule has 0 unspecified atom stereocenters. The summed E-state index contributed by atoms with van der Waals surface area (Å²) in [5, 5.41) is 0. The Hall–Kier alpha value is -2.52. The van der Waals surface area contributed by atoms with Crippen LogP contribution < -0.4 is 10.5 Å². The minimum atomic E-state index is -0.496. The number of benzene rings is 1. The second-order valence-corrected chi connectivity index (χ2v) is 9.29. The van der Waals surface area contributed by atoms with Gasteiger partial charge >= 0.3 is 6.09 Å². The molecule has 3 rings (SSSR count). The quantitative estimate of drug-likeness (QED) is 0.566. The van der Waals surface area contributed by atoms with Crippen LogP contribution in [0.1, 0.15) is 52.0 Å². The first-order valence-electron chi connectivity index (χ1n) is 11.7. The third kappa shape index (κ3) is 6.51. The zero-order valence-corrected chi connectivity index (χ0v) is 20.6. The topological polar surface area (TPSA) is 101 Å².